The predicted molar refractivity (Wildman–Crippen MR) is 148 cm³/mol. The van der Waals surface area contributed by atoms with Crippen LogP contribution in [0.25, 0.3) is 11.1 Å². The second kappa shape index (κ2) is 10.9. The number of aryl methyl sites for hydroxylation is 1. The summed E-state index contributed by atoms with van der Waals surface area (Å²) in [5, 5.41) is 0. The first-order valence-corrected chi connectivity index (χ1v) is 15.9. The van der Waals surface area contributed by atoms with Gasteiger partial charge in [0.1, 0.15) is 0 Å². The van der Waals surface area contributed by atoms with Gasteiger partial charge in [0.2, 0.25) is 20.0 Å². The van der Waals surface area contributed by atoms with E-state index in [1.807, 2.05) is 0 Å². The third kappa shape index (κ3) is 5.31. The summed E-state index contributed by atoms with van der Waals surface area (Å²) in [5.74, 6) is 0.301. The molecule has 0 N–H and O–H groups in total. The van der Waals surface area contributed by atoms with E-state index >= 15 is 0 Å². The number of ether oxygens (including phenoxy) is 1. The van der Waals surface area contributed by atoms with Crippen LogP contribution in [0, 0.1) is 13.8 Å². The lowest BCUT2D eigenvalue weighted by Gasteiger charge is -2.31. The Hall–Kier alpha value is -2.56. The molecule has 3 aromatic carbocycles. The third-order valence-corrected chi connectivity index (χ3v) is 11.6. The van der Waals surface area contributed by atoms with Crippen molar-refractivity contribution in [2.24, 2.45) is 0 Å². The van der Waals surface area contributed by atoms with Gasteiger partial charge < -0.3 is 4.74 Å². The first-order chi connectivity index (χ1) is 18.2. The summed E-state index contributed by atoms with van der Waals surface area (Å²) in [4.78, 5) is 0.219. The van der Waals surface area contributed by atoms with Crippen molar-refractivity contribution in [3.05, 3.63) is 83.4 Å². The van der Waals surface area contributed by atoms with Crippen LogP contribution in [0.5, 0.6) is 0 Å². The van der Waals surface area contributed by atoms with Crippen LogP contribution < -0.4 is 0 Å². The Labute approximate surface area is 226 Å². The topological polar surface area (TPSA) is 84.0 Å². The van der Waals surface area contributed by atoms with E-state index in [4.69, 9.17) is 4.74 Å². The van der Waals surface area contributed by atoms with E-state index < -0.39 is 20.0 Å². The van der Waals surface area contributed by atoms with E-state index in [1.165, 1.54) is 60.7 Å². The summed E-state index contributed by atoms with van der Waals surface area (Å²) in [6.07, 6.45) is 1.48. The van der Waals surface area contributed by atoms with Gasteiger partial charge in [-0.05, 0) is 84.7 Å². The van der Waals surface area contributed by atoms with E-state index in [9.17, 15) is 16.8 Å². The van der Waals surface area contributed by atoms with E-state index in [2.05, 4.69) is 56.3 Å². The average Bonchev–Trinajstić information content (AvgIpc) is 2.95. The van der Waals surface area contributed by atoms with E-state index in [-0.39, 0.29) is 9.79 Å². The Morgan fingerprint density at radius 3 is 1.76 bits per heavy atom. The van der Waals surface area contributed by atoms with Crippen LogP contribution >= 0.6 is 0 Å². The zero-order valence-electron chi connectivity index (χ0n) is 21.8. The molecule has 0 aliphatic carbocycles. The average molecular weight is 555 g/mol. The van der Waals surface area contributed by atoms with Crippen LogP contribution in [0.1, 0.15) is 35.4 Å². The highest BCUT2D eigenvalue weighted by molar-refractivity contribution is 7.89. The number of sulfonamides is 2. The molecule has 38 heavy (non-hydrogen) atoms. The van der Waals surface area contributed by atoms with Crippen LogP contribution in [0.2, 0.25) is 0 Å². The summed E-state index contributed by atoms with van der Waals surface area (Å²) in [7, 11) is -7.37. The molecule has 2 aliphatic heterocycles. The van der Waals surface area contributed by atoms with Gasteiger partial charge >= 0.3 is 0 Å². The van der Waals surface area contributed by atoms with Crippen LogP contribution in [0.4, 0.5) is 0 Å². The van der Waals surface area contributed by atoms with E-state index in [0.29, 0.717) is 45.3 Å². The fourth-order valence-corrected chi connectivity index (χ4v) is 8.17. The van der Waals surface area contributed by atoms with Gasteiger partial charge in [0.15, 0.2) is 0 Å². The largest absolute Gasteiger partial charge is 0.379 e. The highest BCUT2D eigenvalue weighted by atomic mass is 32.2. The maximum absolute atomic E-state index is 13.3. The maximum atomic E-state index is 13.3. The lowest BCUT2D eigenvalue weighted by atomic mass is 9.88. The van der Waals surface area contributed by atoms with Crippen LogP contribution in [-0.2, 0) is 24.8 Å². The quantitative estimate of drug-likeness (QED) is 0.446. The number of benzene rings is 3. The van der Waals surface area contributed by atoms with Crippen molar-refractivity contribution in [1.29, 1.82) is 0 Å². The Balaban J connectivity index is 1.24. The molecule has 0 unspecified atom stereocenters. The van der Waals surface area contributed by atoms with Gasteiger partial charge in [-0.2, -0.15) is 8.61 Å². The molecule has 2 aliphatic rings. The van der Waals surface area contributed by atoms with Gasteiger partial charge in [0.25, 0.3) is 0 Å². The summed E-state index contributed by atoms with van der Waals surface area (Å²) in [6.45, 7) is 6.44. The molecule has 0 aromatic heterocycles. The van der Waals surface area contributed by atoms with Crippen molar-refractivity contribution in [1.82, 2.24) is 8.61 Å². The molecule has 7 nitrogen and oxygen atoms in total. The Morgan fingerprint density at radius 1 is 0.684 bits per heavy atom. The van der Waals surface area contributed by atoms with Crippen molar-refractivity contribution < 1.29 is 21.6 Å². The highest BCUT2D eigenvalue weighted by Crippen LogP contribution is 2.33. The molecular formula is C29H34N2O5S2. The van der Waals surface area contributed by atoms with Crippen molar-refractivity contribution in [2.45, 2.75) is 42.4 Å². The number of rotatable bonds is 6. The van der Waals surface area contributed by atoms with Crippen molar-refractivity contribution >= 4 is 20.0 Å². The lowest BCUT2D eigenvalue weighted by Crippen LogP contribution is -2.40. The molecule has 2 fully saturated rings. The minimum absolute atomic E-state index is 0.0985. The third-order valence-electron chi connectivity index (χ3n) is 7.82. The number of hydrogen-bond acceptors (Lipinski definition) is 5. The second-order valence-electron chi connectivity index (χ2n) is 10.0. The van der Waals surface area contributed by atoms with E-state index in [1.54, 1.807) is 0 Å². The van der Waals surface area contributed by atoms with Gasteiger partial charge in [0.05, 0.1) is 23.0 Å². The molecule has 2 saturated heterocycles. The number of hydrogen-bond donors (Lipinski definition) is 0. The lowest BCUT2D eigenvalue weighted by molar-refractivity contribution is 0.0730. The SMILES string of the molecule is Cc1cccc(-c2ccc(C3CCN(S(=O)(=O)c4ccc(S(=O)(=O)N5CCOCC5)cc4)CC3)cc2)c1C. The molecular weight excluding hydrogens is 520 g/mol. The van der Waals surface area contributed by atoms with Crippen LogP contribution in [0.15, 0.2) is 76.5 Å². The predicted octanol–water partition coefficient (Wildman–Crippen LogP) is 4.56. The van der Waals surface area contributed by atoms with Crippen molar-refractivity contribution in [3.8, 4) is 11.1 Å². The fraction of sp³-hybridized carbons (Fsp3) is 0.379. The number of piperidine rings is 1. The summed E-state index contributed by atoms with van der Waals surface area (Å²) in [6, 6.07) is 20.6. The first kappa shape index (κ1) is 27.0. The molecule has 0 spiro atoms. The summed E-state index contributed by atoms with van der Waals surface area (Å²) in [5.41, 5.74) is 6.21. The molecule has 0 amide bonds. The smallest absolute Gasteiger partial charge is 0.243 e. The molecule has 0 bridgehead atoms. The standard InChI is InChI=1S/C29H34N2O5S2/c1-22-4-3-5-29(23(22)2)26-8-6-24(7-9-26)25-14-16-30(17-15-25)37(32,33)27-10-12-28(13-11-27)38(34,35)31-18-20-36-21-19-31/h3-13,25H,14-21H2,1-2H3. The van der Waals surface area contributed by atoms with Gasteiger partial charge in [-0.1, -0.05) is 42.5 Å². The Morgan fingerprint density at radius 2 is 1.21 bits per heavy atom. The maximum Gasteiger partial charge on any atom is 0.243 e. The molecule has 9 heteroatoms. The molecule has 0 saturated carbocycles. The molecule has 2 heterocycles. The Kier molecular flexibility index (Phi) is 7.75. The monoisotopic (exact) mass is 554 g/mol. The zero-order chi connectivity index (χ0) is 26.9. The van der Waals surface area contributed by atoms with Crippen LogP contribution in [-0.4, -0.2) is 64.8 Å². The number of morpholine rings is 1. The molecule has 0 radical (unpaired) electrons. The van der Waals surface area contributed by atoms with Crippen LogP contribution in [0.3, 0.4) is 0 Å². The molecule has 3 aromatic rings. The van der Waals surface area contributed by atoms with Gasteiger partial charge in [-0.25, -0.2) is 16.8 Å². The van der Waals surface area contributed by atoms with Crippen molar-refractivity contribution in [3.63, 3.8) is 0 Å². The molecule has 0 atom stereocenters. The molecule has 202 valence electrons. The highest BCUT2D eigenvalue weighted by Gasteiger charge is 2.31. The fourth-order valence-electron chi connectivity index (χ4n) is 5.30. The summed E-state index contributed by atoms with van der Waals surface area (Å²) >= 11 is 0. The number of nitrogens with zero attached hydrogens (tertiary/aromatic N) is 2. The summed E-state index contributed by atoms with van der Waals surface area (Å²) < 4.78 is 60.5. The Bertz CT molecular complexity index is 1490. The van der Waals surface area contributed by atoms with Gasteiger partial charge in [-0.3, -0.25) is 0 Å². The first-order valence-electron chi connectivity index (χ1n) is 13.0. The second-order valence-corrected chi connectivity index (χ2v) is 13.9. The normalized spacial score (nSPS) is 18.5. The molecule has 5 rings (SSSR count). The minimum atomic E-state index is -3.70. The van der Waals surface area contributed by atoms with E-state index in [0.717, 1.165) is 12.8 Å². The van der Waals surface area contributed by atoms with Gasteiger partial charge in [-0.15, -0.1) is 0 Å². The van der Waals surface area contributed by atoms with Crippen molar-refractivity contribution in [2.75, 3.05) is 39.4 Å². The van der Waals surface area contributed by atoms with Gasteiger partial charge in [0, 0.05) is 26.2 Å². The minimum Gasteiger partial charge on any atom is -0.379 e. The zero-order valence-corrected chi connectivity index (χ0v) is 23.5.